The van der Waals surface area contributed by atoms with Gasteiger partial charge in [-0.15, -0.1) is 0 Å². The third-order valence-electron chi connectivity index (χ3n) is 3.55. The summed E-state index contributed by atoms with van der Waals surface area (Å²) in [7, 11) is 0. The van der Waals surface area contributed by atoms with Gasteiger partial charge in [0.25, 0.3) is 11.6 Å². The Hall–Kier alpha value is -2.25. The predicted molar refractivity (Wildman–Crippen MR) is 92.9 cm³/mol. The summed E-state index contributed by atoms with van der Waals surface area (Å²) >= 11 is 0. The average molecular weight is 332 g/mol. The number of nitrogens with one attached hydrogen (secondary N) is 1. The van der Waals surface area contributed by atoms with Gasteiger partial charge < -0.3 is 20.9 Å². The van der Waals surface area contributed by atoms with Gasteiger partial charge in [0.2, 0.25) is 5.96 Å². The van der Waals surface area contributed by atoms with E-state index in [4.69, 9.17) is 10.5 Å². The molecule has 0 saturated carbocycles. The van der Waals surface area contributed by atoms with Crippen LogP contribution in [0.5, 0.6) is 0 Å². The second-order valence-electron chi connectivity index (χ2n) is 5.72. The number of amides is 1. The summed E-state index contributed by atoms with van der Waals surface area (Å²) in [6.45, 7) is 4.17. The minimum atomic E-state index is -1.64. The number of aliphatic hydroxyl groups excluding tert-OH is 1. The van der Waals surface area contributed by atoms with E-state index in [1.165, 1.54) is 0 Å². The van der Waals surface area contributed by atoms with Crippen molar-refractivity contribution in [2.75, 3.05) is 13.2 Å². The van der Waals surface area contributed by atoms with Crippen molar-refractivity contribution in [3.63, 3.8) is 0 Å². The first kappa shape index (κ1) is 18.1. The summed E-state index contributed by atoms with van der Waals surface area (Å²) in [5, 5.41) is 12.4. The van der Waals surface area contributed by atoms with Crippen LogP contribution in [0.1, 0.15) is 32.3 Å². The summed E-state index contributed by atoms with van der Waals surface area (Å²) in [6.07, 6.45) is 1.17. The average Bonchev–Trinajstić information content (AvgIpc) is 2.94. The van der Waals surface area contributed by atoms with Crippen LogP contribution in [0.4, 0.5) is 0 Å². The zero-order chi connectivity index (χ0) is 17.6. The smallest absolute Gasteiger partial charge is 0.277 e. The molecule has 1 aliphatic rings. The van der Waals surface area contributed by atoms with Gasteiger partial charge in [-0.1, -0.05) is 43.7 Å². The normalized spacial score (nSPS) is 23.0. The molecular weight excluding hydrogens is 308 g/mol. The standard InChI is InChI=1S/C17H24N4O3/c1-3-4-10-19-16-20-14(13-8-6-5-7-9-13)17(21-16,15(18)23)24-11-12(2)22/h5-9,12,22H,3-4,10-11H2,1-2H3,(H2,18,23)(H,19,21). The van der Waals surface area contributed by atoms with Crippen LogP contribution in [-0.4, -0.2) is 47.7 Å². The Kier molecular flexibility index (Phi) is 6.05. The molecule has 24 heavy (non-hydrogen) atoms. The van der Waals surface area contributed by atoms with Gasteiger partial charge in [-0.3, -0.25) is 9.79 Å². The lowest BCUT2D eigenvalue weighted by Gasteiger charge is -2.28. The topological polar surface area (TPSA) is 109 Å². The molecule has 0 saturated heterocycles. The minimum Gasteiger partial charge on any atom is -0.391 e. The van der Waals surface area contributed by atoms with E-state index in [9.17, 15) is 9.90 Å². The fourth-order valence-corrected chi connectivity index (χ4v) is 2.31. The number of carbonyl (C=O) groups is 1. The molecule has 1 aliphatic heterocycles. The maximum Gasteiger partial charge on any atom is 0.277 e. The number of hydrogen-bond donors (Lipinski definition) is 3. The molecule has 0 fully saturated rings. The molecule has 7 nitrogen and oxygen atoms in total. The first-order valence-corrected chi connectivity index (χ1v) is 8.08. The Labute approximate surface area is 141 Å². The third kappa shape index (κ3) is 3.98. The number of primary amides is 1. The van der Waals surface area contributed by atoms with E-state index in [-0.39, 0.29) is 6.61 Å². The van der Waals surface area contributed by atoms with Crippen LogP contribution in [0.25, 0.3) is 0 Å². The highest BCUT2D eigenvalue weighted by Gasteiger charge is 2.49. The predicted octanol–water partition coefficient (Wildman–Crippen LogP) is 0.814. The molecule has 1 amide bonds. The van der Waals surface area contributed by atoms with Gasteiger partial charge in [-0.2, -0.15) is 0 Å². The molecule has 0 aromatic heterocycles. The molecule has 2 rings (SSSR count). The number of rotatable bonds is 8. The highest BCUT2D eigenvalue weighted by molar-refractivity contribution is 6.26. The van der Waals surface area contributed by atoms with Crippen LogP contribution in [0.2, 0.25) is 0 Å². The van der Waals surface area contributed by atoms with Crippen molar-refractivity contribution in [3.8, 4) is 0 Å². The van der Waals surface area contributed by atoms with Crippen molar-refractivity contribution in [1.82, 2.24) is 5.32 Å². The highest BCUT2D eigenvalue weighted by atomic mass is 16.5. The largest absolute Gasteiger partial charge is 0.391 e. The lowest BCUT2D eigenvalue weighted by molar-refractivity contribution is -0.138. The molecule has 2 unspecified atom stereocenters. The van der Waals surface area contributed by atoms with E-state index in [0.717, 1.165) is 12.8 Å². The molecule has 0 spiro atoms. The molecule has 2 atom stereocenters. The Morgan fingerprint density at radius 2 is 2.17 bits per heavy atom. The Morgan fingerprint density at radius 3 is 2.75 bits per heavy atom. The van der Waals surface area contributed by atoms with Crippen molar-refractivity contribution in [2.24, 2.45) is 15.7 Å². The SMILES string of the molecule is CCCCN=C1N=C(c2ccccc2)C(OCC(C)O)(C(N)=O)N1. The molecule has 1 aromatic carbocycles. The van der Waals surface area contributed by atoms with Gasteiger partial charge >= 0.3 is 0 Å². The summed E-state index contributed by atoms with van der Waals surface area (Å²) in [5.74, 6) is -0.418. The third-order valence-corrected chi connectivity index (χ3v) is 3.55. The van der Waals surface area contributed by atoms with Crippen LogP contribution in [0.15, 0.2) is 40.3 Å². The van der Waals surface area contributed by atoms with E-state index in [1.54, 1.807) is 6.92 Å². The van der Waals surface area contributed by atoms with Crippen molar-refractivity contribution >= 4 is 17.6 Å². The molecule has 1 aromatic rings. The number of nitrogens with two attached hydrogens (primary N) is 1. The van der Waals surface area contributed by atoms with E-state index in [2.05, 4.69) is 22.2 Å². The number of guanidine groups is 1. The fraction of sp³-hybridized carbons (Fsp3) is 0.471. The van der Waals surface area contributed by atoms with Gasteiger partial charge in [0.05, 0.1) is 12.7 Å². The lowest BCUT2D eigenvalue weighted by atomic mass is 9.99. The fourth-order valence-electron chi connectivity index (χ4n) is 2.31. The van der Waals surface area contributed by atoms with Crippen LogP contribution in [-0.2, 0) is 9.53 Å². The number of carbonyl (C=O) groups excluding carboxylic acids is 1. The van der Waals surface area contributed by atoms with Gasteiger partial charge in [0, 0.05) is 12.1 Å². The summed E-state index contributed by atoms with van der Waals surface area (Å²) < 4.78 is 5.67. The molecule has 130 valence electrons. The Morgan fingerprint density at radius 1 is 1.46 bits per heavy atom. The first-order chi connectivity index (χ1) is 11.5. The maximum atomic E-state index is 12.2. The summed E-state index contributed by atoms with van der Waals surface area (Å²) in [6, 6.07) is 9.18. The van der Waals surface area contributed by atoms with Crippen molar-refractivity contribution < 1.29 is 14.6 Å². The molecular formula is C17H24N4O3. The molecule has 0 aliphatic carbocycles. The van der Waals surface area contributed by atoms with Crippen molar-refractivity contribution in [1.29, 1.82) is 0 Å². The number of unbranched alkanes of at least 4 members (excludes halogenated alkanes) is 1. The maximum absolute atomic E-state index is 12.2. The quantitative estimate of drug-likeness (QED) is 0.612. The first-order valence-electron chi connectivity index (χ1n) is 8.08. The van der Waals surface area contributed by atoms with E-state index >= 15 is 0 Å². The van der Waals surface area contributed by atoms with Crippen molar-refractivity contribution in [3.05, 3.63) is 35.9 Å². The number of aliphatic imine (C=N–C) groups is 2. The number of hydrogen-bond acceptors (Lipinski definition) is 4. The van der Waals surface area contributed by atoms with E-state index < -0.39 is 17.7 Å². The second kappa shape index (κ2) is 8.03. The Balaban J connectivity index is 2.41. The molecule has 4 N–H and O–H groups in total. The van der Waals surface area contributed by atoms with Gasteiger partial charge in [0.15, 0.2) is 0 Å². The van der Waals surface area contributed by atoms with Crippen LogP contribution in [0.3, 0.4) is 0 Å². The molecule has 1 heterocycles. The number of nitrogens with zero attached hydrogens (tertiary/aromatic N) is 2. The molecule has 7 heteroatoms. The van der Waals surface area contributed by atoms with Gasteiger partial charge in [-0.25, -0.2) is 4.99 Å². The Bertz CT molecular complexity index is 628. The summed E-state index contributed by atoms with van der Waals surface area (Å²) in [5.41, 5.74) is 5.04. The summed E-state index contributed by atoms with van der Waals surface area (Å²) in [4.78, 5) is 21.0. The highest BCUT2D eigenvalue weighted by Crippen LogP contribution is 2.22. The number of benzene rings is 1. The van der Waals surface area contributed by atoms with E-state index in [1.807, 2.05) is 30.3 Å². The van der Waals surface area contributed by atoms with Gasteiger partial charge in [-0.05, 0) is 13.3 Å². The molecule has 0 bridgehead atoms. The van der Waals surface area contributed by atoms with Gasteiger partial charge in [0.1, 0.15) is 5.71 Å². The number of aliphatic hydroxyl groups is 1. The van der Waals surface area contributed by atoms with Crippen LogP contribution >= 0.6 is 0 Å². The zero-order valence-electron chi connectivity index (χ0n) is 14.0. The minimum absolute atomic E-state index is 0.0654. The zero-order valence-corrected chi connectivity index (χ0v) is 14.0. The monoisotopic (exact) mass is 332 g/mol. The van der Waals surface area contributed by atoms with Crippen LogP contribution < -0.4 is 11.1 Å². The lowest BCUT2D eigenvalue weighted by Crippen LogP contribution is -2.61. The van der Waals surface area contributed by atoms with Crippen LogP contribution in [0, 0.1) is 0 Å². The van der Waals surface area contributed by atoms with E-state index in [0.29, 0.717) is 23.8 Å². The second-order valence-corrected chi connectivity index (χ2v) is 5.72. The number of ether oxygens (including phenoxy) is 1. The molecule has 0 radical (unpaired) electrons. The van der Waals surface area contributed by atoms with Crippen molar-refractivity contribution in [2.45, 2.75) is 38.5 Å².